The van der Waals surface area contributed by atoms with E-state index in [1.54, 1.807) is 7.11 Å². The number of hydrogen-bond donors (Lipinski definition) is 3. The molecule has 4 rings (SSSR count). The highest BCUT2D eigenvalue weighted by molar-refractivity contribution is 5.96. The maximum atomic E-state index is 12.2. The van der Waals surface area contributed by atoms with Gasteiger partial charge in [0.1, 0.15) is 5.75 Å². The number of primary amides is 1. The molecule has 2 aliphatic rings. The number of hydrogen-bond acceptors (Lipinski definition) is 9. The van der Waals surface area contributed by atoms with E-state index in [0.717, 1.165) is 81.0 Å². The van der Waals surface area contributed by atoms with Gasteiger partial charge in [0.15, 0.2) is 17.3 Å². The lowest BCUT2D eigenvalue weighted by molar-refractivity contribution is 0.0996. The Hall–Kier alpha value is -3.11. The number of carbonyl (C=O) groups is 1. The van der Waals surface area contributed by atoms with Crippen LogP contribution in [-0.4, -0.2) is 87.3 Å². The summed E-state index contributed by atoms with van der Waals surface area (Å²) >= 11 is 0. The SMILES string of the molecule is CCc1nc(C(N)=O)c(Nc2ccc(N3CCN(C)CC3)c(OC)c2)nc1N1CCNCC1. The fourth-order valence-corrected chi connectivity index (χ4v) is 4.29. The van der Waals surface area contributed by atoms with Gasteiger partial charge >= 0.3 is 0 Å². The van der Waals surface area contributed by atoms with Crippen LogP contribution in [0.1, 0.15) is 23.1 Å². The first-order valence-corrected chi connectivity index (χ1v) is 11.5. The van der Waals surface area contributed by atoms with Crippen molar-refractivity contribution in [1.82, 2.24) is 20.2 Å². The topological polar surface area (TPSA) is 112 Å². The minimum absolute atomic E-state index is 0.146. The second-order valence-electron chi connectivity index (χ2n) is 8.45. The third-order valence-corrected chi connectivity index (χ3v) is 6.22. The molecule has 0 bridgehead atoms. The first-order chi connectivity index (χ1) is 16.0. The van der Waals surface area contributed by atoms with Crippen LogP contribution in [0.2, 0.25) is 0 Å². The van der Waals surface area contributed by atoms with Crippen LogP contribution in [0.25, 0.3) is 0 Å². The number of nitrogens with two attached hydrogens (primary N) is 1. The molecule has 0 atom stereocenters. The van der Waals surface area contributed by atoms with Crippen LogP contribution in [0, 0.1) is 0 Å². The Morgan fingerprint density at radius 2 is 1.85 bits per heavy atom. The molecule has 10 heteroatoms. The smallest absolute Gasteiger partial charge is 0.271 e. The van der Waals surface area contributed by atoms with Gasteiger partial charge in [0.05, 0.1) is 18.5 Å². The quantitative estimate of drug-likeness (QED) is 0.565. The summed E-state index contributed by atoms with van der Waals surface area (Å²) in [6, 6.07) is 5.95. The van der Waals surface area contributed by atoms with Gasteiger partial charge in [-0.25, -0.2) is 9.97 Å². The van der Waals surface area contributed by atoms with Crippen LogP contribution in [-0.2, 0) is 6.42 Å². The summed E-state index contributed by atoms with van der Waals surface area (Å²) in [6.45, 7) is 9.38. The minimum atomic E-state index is -0.604. The van der Waals surface area contributed by atoms with E-state index in [1.165, 1.54) is 0 Å². The molecule has 1 amide bonds. The van der Waals surface area contributed by atoms with Crippen LogP contribution in [0.4, 0.5) is 23.0 Å². The highest BCUT2D eigenvalue weighted by Gasteiger charge is 2.23. The summed E-state index contributed by atoms with van der Waals surface area (Å²) < 4.78 is 5.70. The van der Waals surface area contributed by atoms with Crippen LogP contribution >= 0.6 is 0 Å². The molecule has 0 spiro atoms. The lowest BCUT2D eigenvalue weighted by Crippen LogP contribution is -2.44. The molecule has 0 aliphatic carbocycles. The molecule has 3 heterocycles. The molecule has 1 aromatic heterocycles. The first kappa shape index (κ1) is 23.1. The number of methoxy groups -OCH3 is 1. The molecule has 4 N–H and O–H groups in total. The van der Waals surface area contributed by atoms with E-state index < -0.39 is 5.91 Å². The summed E-state index contributed by atoms with van der Waals surface area (Å²) in [5.74, 6) is 1.33. The van der Waals surface area contributed by atoms with E-state index in [4.69, 9.17) is 15.5 Å². The van der Waals surface area contributed by atoms with Crippen molar-refractivity contribution in [3.05, 3.63) is 29.6 Å². The summed E-state index contributed by atoms with van der Waals surface area (Å²) in [6.07, 6.45) is 0.667. The third-order valence-electron chi connectivity index (χ3n) is 6.22. The summed E-state index contributed by atoms with van der Waals surface area (Å²) in [7, 11) is 3.81. The van der Waals surface area contributed by atoms with Crippen molar-refractivity contribution in [3.8, 4) is 5.75 Å². The Morgan fingerprint density at radius 1 is 1.12 bits per heavy atom. The van der Waals surface area contributed by atoms with Crippen molar-refractivity contribution in [2.24, 2.45) is 5.73 Å². The number of amides is 1. The molecular formula is C23H34N8O2. The van der Waals surface area contributed by atoms with E-state index in [-0.39, 0.29) is 5.69 Å². The zero-order valence-corrected chi connectivity index (χ0v) is 19.7. The predicted molar refractivity (Wildman–Crippen MR) is 131 cm³/mol. The zero-order valence-electron chi connectivity index (χ0n) is 19.7. The Kier molecular flexibility index (Phi) is 7.14. The van der Waals surface area contributed by atoms with E-state index in [1.807, 2.05) is 25.1 Å². The van der Waals surface area contributed by atoms with Crippen molar-refractivity contribution >= 4 is 28.9 Å². The highest BCUT2D eigenvalue weighted by Crippen LogP contribution is 2.33. The largest absolute Gasteiger partial charge is 0.495 e. The van der Waals surface area contributed by atoms with Gasteiger partial charge in [-0.2, -0.15) is 0 Å². The predicted octanol–water partition coefficient (Wildman–Crippen LogP) is 1.05. The van der Waals surface area contributed by atoms with Gasteiger partial charge in [0.2, 0.25) is 0 Å². The molecule has 33 heavy (non-hydrogen) atoms. The minimum Gasteiger partial charge on any atom is -0.495 e. The molecule has 2 fully saturated rings. The lowest BCUT2D eigenvalue weighted by Gasteiger charge is -2.34. The molecule has 178 valence electrons. The number of likely N-dealkylation sites (N-methyl/N-ethyl adjacent to an activating group) is 1. The Bertz CT molecular complexity index is 985. The third kappa shape index (κ3) is 5.12. The van der Waals surface area contributed by atoms with E-state index in [9.17, 15) is 4.79 Å². The van der Waals surface area contributed by atoms with E-state index in [0.29, 0.717) is 12.2 Å². The van der Waals surface area contributed by atoms with Gasteiger partial charge < -0.3 is 35.8 Å². The fourth-order valence-electron chi connectivity index (χ4n) is 4.29. The number of ether oxygens (including phenoxy) is 1. The Morgan fingerprint density at radius 3 is 2.48 bits per heavy atom. The molecule has 0 unspecified atom stereocenters. The van der Waals surface area contributed by atoms with Gasteiger partial charge in [-0.05, 0) is 25.6 Å². The highest BCUT2D eigenvalue weighted by atomic mass is 16.5. The maximum absolute atomic E-state index is 12.2. The number of rotatable bonds is 7. The molecule has 2 aliphatic heterocycles. The summed E-state index contributed by atoms with van der Waals surface area (Å²) in [5.41, 5.74) is 8.41. The monoisotopic (exact) mass is 454 g/mol. The number of nitrogens with one attached hydrogen (secondary N) is 2. The van der Waals surface area contributed by atoms with Crippen molar-refractivity contribution in [3.63, 3.8) is 0 Å². The molecule has 1 aromatic carbocycles. The maximum Gasteiger partial charge on any atom is 0.271 e. The second kappa shape index (κ2) is 10.2. The normalized spacial score (nSPS) is 17.2. The standard InChI is InChI=1S/C23H34N8O2/c1-4-17-23(31-9-7-25-8-10-31)28-22(20(27-17)21(24)32)26-16-5-6-18(19(15-16)33-3)30-13-11-29(2)12-14-30/h5-6,15,25H,4,7-14H2,1-3H3,(H2,24,32)(H,26,28). The molecule has 2 saturated heterocycles. The Labute approximate surface area is 195 Å². The van der Waals surface area contributed by atoms with Crippen molar-refractivity contribution < 1.29 is 9.53 Å². The summed E-state index contributed by atoms with van der Waals surface area (Å²) in [5, 5.41) is 6.63. The second-order valence-corrected chi connectivity index (χ2v) is 8.45. The number of nitrogens with zero attached hydrogens (tertiary/aromatic N) is 5. The number of aryl methyl sites for hydroxylation is 1. The van der Waals surface area contributed by atoms with Gasteiger partial charge in [0, 0.05) is 64.1 Å². The van der Waals surface area contributed by atoms with Crippen molar-refractivity contribution in [2.75, 3.05) is 81.6 Å². The van der Waals surface area contributed by atoms with Gasteiger partial charge in [-0.3, -0.25) is 4.79 Å². The Balaban J connectivity index is 1.65. The summed E-state index contributed by atoms with van der Waals surface area (Å²) in [4.78, 5) is 28.5. The number of carbonyl (C=O) groups excluding carboxylic acids is 1. The van der Waals surface area contributed by atoms with Gasteiger partial charge in [-0.1, -0.05) is 6.92 Å². The molecule has 2 aromatic rings. The first-order valence-electron chi connectivity index (χ1n) is 11.5. The molecular weight excluding hydrogens is 420 g/mol. The molecule has 10 nitrogen and oxygen atoms in total. The van der Waals surface area contributed by atoms with Crippen LogP contribution in [0.3, 0.4) is 0 Å². The van der Waals surface area contributed by atoms with Gasteiger partial charge in [-0.15, -0.1) is 0 Å². The van der Waals surface area contributed by atoms with E-state index in [2.05, 4.69) is 37.4 Å². The van der Waals surface area contributed by atoms with E-state index >= 15 is 0 Å². The number of aromatic nitrogens is 2. The van der Waals surface area contributed by atoms with Crippen LogP contribution in [0.5, 0.6) is 5.75 Å². The average Bonchev–Trinajstić information content (AvgIpc) is 2.84. The number of piperazine rings is 2. The number of benzene rings is 1. The zero-order chi connectivity index (χ0) is 23.4. The molecule has 0 saturated carbocycles. The van der Waals surface area contributed by atoms with Crippen LogP contribution in [0.15, 0.2) is 18.2 Å². The van der Waals surface area contributed by atoms with Gasteiger partial charge in [0.25, 0.3) is 5.91 Å². The fraction of sp³-hybridized carbons (Fsp3) is 0.522. The average molecular weight is 455 g/mol. The lowest BCUT2D eigenvalue weighted by atomic mass is 10.2. The van der Waals surface area contributed by atoms with Crippen molar-refractivity contribution in [2.45, 2.75) is 13.3 Å². The van der Waals surface area contributed by atoms with Crippen LogP contribution < -0.4 is 30.9 Å². The number of anilines is 4. The molecule has 0 radical (unpaired) electrons. The van der Waals surface area contributed by atoms with Crippen molar-refractivity contribution in [1.29, 1.82) is 0 Å².